The maximum atomic E-state index is 11.9. The molecule has 0 spiro atoms. The fourth-order valence-corrected chi connectivity index (χ4v) is 1.93. The second-order valence-electron chi connectivity index (χ2n) is 3.45. The number of hydrogen-bond acceptors (Lipinski definition) is 4. The molecule has 1 rings (SSSR count). The summed E-state index contributed by atoms with van der Waals surface area (Å²) in [6, 6.07) is 5.72. The summed E-state index contributed by atoms with van der Waals surface area (Å²) in [7, 11) is -4.10. The summed E-state index contributed by atoms with van der Waals surface area (Å²) < 4.78 is 51.2. The summed E-state index contributed by atoms with van der Waals surface area (Å²) in [5, 5.41) is 8.74. The Balaban J connectivity index is 2.72. The first-order valence-corrected chi connectivity index (χ1v) is 6.16. The highest BCUT2D eigenvalue weighted by molar-refractivity contribution is 7.86. The van der Waals surface area contributed by atoms with E-state index < -0.39 is 29.3 Å². The second kappa shape index (κ2) is 5.52. The molecule has 4 nitrogen and oxygen atoms in total. The van der Waals surface area contributed by atoms with Crippen LogP contribution >= 0.6 is 0 Å². The summed E-state index contributed by atoms with van der Waals surface area (Å²) in [5.74, 6) is 0. The van der Waals surface area contributed by atoms with Gasteiger partial charge in [0.25, 0.3) is 16.5 Å². The largest absolute Gasteiger partial charge is 0.385 e. The molecule has 0 aliphatic rings. The molecule has 0 radical (unpaired) electrons. The van der Waals surface area contributed by atoms with Crippen molar-refractivity contribution >= 4 is 10.1 Å². The number of hydrogen-bond donors (Lipinski definition) is 1. The van der Waals surface area contributed by atoms with Crippen LogP contribution in [0.4, 0.5) is 8.78 Å². The van der Waals surface area contributed by atoms with Gasteiger partial charge >= 0.3 is 0 Å². The maximum absolute atomic E-state index is 11.9. The molecule has 0 bridgehead atoms. The lowest BCUT2D eigenvalue weighted by molar-refractivity contribution is -0.0271. The monoisotopic (exact) mass is 266 g/mol. The minimum absolute atomic E-state index is 0.135. The Morgan fingerprint density at radius 3 is 2.29 bits per heavy atom. The van der Waals surface area contributed by atoms with Gasteiger partial charge in [-0.15, -0.1) is 0 Å². The van der Waals surface area contributed by atoms with Crippen LogP contribution in [0.15, 0.2) is 29.2 Å². The van der Waals surface area contributed by atoms with Gasteiger partial charge in [-0.05, 0) is 19.1 Å². The first kappa shape index (κ1) is 14.0. The van der Waals surface area contributed by atoms with Crippen molar-refractivity contribution in [1.82, 2.24) is 0 Å². The first-order valence-electron chi connectivity index (χ1n) is 4.75. The van der Waals surface area contributed by atoms with Gasteiger partial charge in [0.05, 0.1) is 11.5 Å². The van der Waals surface area contributed by atoms with Crippen molar-refractivity contribution in [3.63, 3.8) is 0 Å². The first-order chi connectivity index (χ1) is 7.83. The molecule has 0 aliphatic heterocycles. The Morgan fingerprint density at radius 1 is 1.29 bits per heavy atom. The molecule has 1 aromatic rings. The van der Waals surface area contributed by atoms with Crippen LogP contribution in [-0.2, 0) is 14.3 Å². The smallest absolute Gasteiger partial charge is 0.297 e. The molecular weight excluding hydrogens is 254 g/mol. The van der Waals surface area contributed by atoms with Crippen molar-refractivity contribution in [1.29, 1.82) is 0 Å². The molecule has 0 amide bonds. The highest BCUT2D eigenvalue weighted by atomic mass is 32.2. The van der Waals surface area contributed by atoms with Crippen LogP contribution in [0, 0.1) is 6.92 Å². The van der Waals surface area contributed by atoms with E-state index in [9.17, 15) is 17.2 Å². The fourth-order valence-electron chi connectivity index (χ4n) is 1.01. The molecule has 0 aromatic heterocycles. The van der Waals surface area contributed by atoms with Crippen molar-refractivity contribution in [3.05, 3.63) is 29.8 Å². The molecule has 0 saturated heterocycles. The van der Waals surface area contributed by atoms with Crippen molar-refractivity contribution in [2.75, 3.05) is 6.61 Å². The van der Waals surface area contributed by atoms with Gasteiger partial charge in [0, 0.05) is 0 Å². The molecule has 7 heteroatoms. The Kier molecular flexibility index (Phi) is 4.55. The van der Waals surface area contributed by atoms with Crippen LogP contribution in [0.3, 0.4) is 0 Å². The highest BCUT2D eigenvalue weighted by Crippen LogP contribution is 2.14. The maximum Gasteiger partial charge on any atom is 0.297 e. The predicted molar refractivity (Wildman–Crippen MR) is 56.3 cm³/mol. The van der Waals surface area contributed by atoms with Crippen molar-refractivity contribution in [2.24, 2.45) is 0 Å². The number of aliphatic hydroxyl groups is 1. The number of benzene rings is 1. The van der Waals surface area contributed by atoms with Gasteiger partial charge in [0.15, 0.2) is 0 Å². The molecule has 0 aliphatic carbocycles. The van der Waals surface area contributed by atoms with Gasteiger partial charge < -0.3 is 5.11 Å². The van der Waals surface area contributed by atoms with Gasteiger partial charge in [-0.1, -0.05) is 17.7 Å². The highest BCUT2D eigenvalue weighted by Gasteiger charge is 2.22. The quantitative estimate of drug-likeness (QED) is 0.816. The standard InChI is InChI=1S/C10H12F2O4S/c1-7-2-4-8(5-3-7)17(14,15)16-6-9(13)10(11)12/h2-5,9-10,13H,6H2,1H3. The number of aliphatic hydroxyl groups excluding tert-OH is 1. The summed E-state index contributed by atoms with van der Waals surface area (Å²) in [4.78, 5) is -0.135. The molecule has 0 saturated carbocycles. The van der Waals surface area contributed by atoms with Crippen molar-refractivity contribution < 1.29 is 26.5 Å². The molecule has 0 fully saturated rings. The normalized spacial score (nSPS) is 13.9. The van der Waals surface area contributed by atoms with E-state index in [1.807, 2.05) is 0 Å². The molecule has 1 unspecified atom stereocenters. The van der Waals surface area contributed by atoms with Gasteiger partial charge in [-0.25, -0.2) is 8.78 Å². The molecule has 17 heavy (non-hydrogen) atoms. The Labute approximate surface area is 98.0 Å². The molecular formula is C10H12F2O4S. The van der Waals surface area contributed by atoms with Crippen molar-refractivity contribution in [3.8, 4) is 0 Å². The van der Waals surface area contributed by atoms with Crippen LogP contribution in [0.5, 0.6) is 0 Å². The molecule has 1 atom stereocenters. The van der Waals surface area contributed by atoms with Crippen LogP contribution in [0.25, 0.3) is 0 Å². The summed E-state index contributed by atoms with van der Waals surface area (Å²) >= 11 is 0. The van der Waals surface area contributed by atoms with Crippen molar-refractivity contribution in [2.45, 2.75) is 24.3 Å². The average Bonchev–Trinajstić information content (AvgIpc) is 2.26. The third kappa shape index (κ3) is 4.03. The Bertz CT molecular complexity index is 456. The lowest BCUT2D eigenvalue weighted by atomic mass is 10.2. The zero-order valence-electron chi connectivity index (χ0n) is 9.01. The Hall–Kier alpha value is -1.05. The molecule has 1 aromatic carbocycles. The van der Waals surface area contributed by atoms with Crippen LogP contribution < -0.4 is 0 Å². The van der Waals surface area contributed by atoms with Gasteiger partial charge in [0.1, 0.15) is 6.10 Å². The fraction of sp³-hybridized carbons (Fsp3) is 0.400. The second-order valence-corrected chi connectivity index (χ2v) is 5.07. The van der Waals surface area contributed by atoms with E-state index >= 15 is 0 Å². The van der Waals surface area contributed by atoms with E-state index in [4.69, 9.17) is 5.11 Å². The van der Waals surface area contributed by atoms with Crippen LogP contribution in [-0.4, -0.2) is 32.7 Å². The number of halogens is 2. The number of rotatable bonds is 5. The minimum atomic E-state index is -4.10. The number of aryl methyl sites for hydroxylation is 1. The van der Waals surface area contributed by atoms with Gasteiger partial charge in [-0.2, -0.15) is 8.42 Å². The topological polar surface area (TPSA) is 63.6 Å². The van der Waals surface area contributed by atoms with E-state index in [1.54, 1.807) is 19.1 Å². The molecule has 96 valence electrons. The van der Waals surface area contributed by atoms with Gasteiger partial charge in [0.2, 0.25) is 0 Å². The molecule has 1 N–H and O–H groups in total. The third-order valence-corrected chi connectivity index (χ3v) is 3.29. The summed E-state index contributed by atoms with van der Waals surface area (Å²) in [5.41, 5.74) is 0.858. The lowest BCUT2D eigenvalue weighted by Crippen LogP contribution is -2.25. The molecule has 0 heterocycles. The summed E-state index contributed by atoms with van der Waals surface area (Å²) in [6.07, 6.45) is -5.15. The summed E-state index contributed by atoms with van der Waals surface area (Å²) in [6.45, 7) is 0.811. The predicted octanol–water partition coefficient (Wildman–Crippen LogP) is 1.33. The minimum Gasteiger partial charge on any atom is -0.385 e. The van der Waals surface area contributed by atoms with E-state index in [0.29, 0.717) is 0 Å². The SMILES string of the molecule is Cc1ccc(S(=O)(=O)OCC(O)C(F)F)cc1. The van der Waals surface area contributed by atoms with Crippen LogP contribution in [0.1, 0.15) is 5.56 Å². The average molecular weight is 266 g/mol. The van der Waals surface area contributed by atoms with Gasteiger partial charge in [-0.3, -0.25) is 4.18 Å². The lowest BCUT2D eigenvalue weighted by Gasteiger charge is -2.10. The van der Waals surface area contributed by atoms with E-state index in [-0.39, 0.29) is 4.90 Å². The van der Waals surface area contributed by atoms with Crippen LogP contribution in [0.2, 0.25) is 0 Å². The zero-order chi connectivity index (χ0) is 13.1. The Morgan fingerprint density at radius 2 is 1.82 bits per heavy atom. The van der Waals surface area contributed by atoms with E-state index in [1.165, 1.54) is 12.1 Å². The van der Waals surface area contributed by atoms with E-state index in [2.05, 4.69) is 4.18 Å². The third-order valence-electron chi connectivity index (χ3n) is 1.99. The number of alkyl halides is 2. The zero-order valence-corrected chi connectivity index (χ0v) is 9.82. The van der Waals surface area contributed by atoms with E-state index in [0.717, 1.165) is 5.56 Å².